The lowest BCUT2D eigenvalue weighted by Gasteiger charge is -2.11. The van der Waals surface area contributed by atoms with E-state index in [9.17, 15) is 0 Å². The van der Waals surface area contributed by atoms with Gasteiger partial charge in [0.25, 0.3) is 0 Å². The smallest absolute Gasteiger partial charge is 0.177 e. The molecule has 0 saturated heterocycles. The van der Waals surface area contributed by atoms with Crippen molar-refractivity contribution in [2.75, 3.05) is 13.2 Å². The number of rotatable bonds is 6. The first-order chi connectivity index (χ1) is 5.35. The van der Waals surface area contributed by atoms with Crippen LogP contribution in [0.3, 0.4) is 0 Å². The second-order valence-electron chi connectivity index (χ2n) is 1.90. The third-order valence-corrected chi connectivity index (χ3v) is 1.07. The molecule has 0 aromatic carbocycles. The van der Waals surface area contributed by atoms with Crippen molar-refractivity contribution in [3.05, 3.63) is 24.8 Å². The standard InChI is InChI=1S/C9H16O2/c1-4-7-8-9(10-5-2)11-6-3/h4,7-9H,1,5-6H2,2-3H3. The molecule has 0 aliphatic heterocycles. The summed E-state index contributed by atoms with van der Waals surface area (Å²) in [5.41, 5.74) is 0. The summed E-state index contributed by atoms with van der Waals surface area (Å²) in [7, 11) is 0. The molecule has 2 nitrogen and oxygen atoms in total. The quantitative estimate of drug-likeness (QED) is 0.433. The molecular formula is C9H16O2. The Kier molecular flexibility index (Phi) is 7.10. The highest BCUT2D eigenvalue weighted by atomic mass is 16.7. The van der Waals surface area contributed by atoms with E-state index in [0.29, 0.717) is 13.2 Å². The molecule has 0 amide bonds. The van der Waals surface area contributed by atoms with Gasteiger partial charge in [0, 0.05) is 13.2 Å². The third kappa shape index (κ3) is 5.83. The van der Waals surface area contributed by atoms with E-state index in [1.54, 1.807) is 6.08 Å². The van der Waals surface area contributed by atoms with Crippen LogP contribution in [0.25, 0.3) is 0 Å². The second-order valence-corrected chi connectivity index (χ2v) is 1.90. The van der Waals surface area contributed by atoms with Gasteiger partial charge in [-0.3, -0.25) is 0 Å². The Hall–Kier alpha value is -0.600. The molecule has 0 heterocycles. The molecule has 0 radical (unpaired) electrons. The summed E-state index contributed by atoms with van der Waals surface area (Å²) in [6.45, 7) is 8.75. The van der Waals surface area contributed by atoms with Gasteiger partial charge in [-0.1, -0.05) is 18.7 Å². The average Bonchev–Trinajstić information content (AvgIpc) is 2.01. The van der Waals surface area contributed by atoms with Gasteiger partial charge < -0.3 is 9.47 Å². The minimum absolute atomic E-state index is 0.219. The Morgan fingerprint density at radius 3 is 2.18 bits per heavy atom. The Bertz CT molecular complexity index is 113. The van der Waals surface area contributed by atoms with Crippen molar-refractivity contribution in [2.24, 2.45) is 0 Å². The molecular weight excluding hydrogens is 140 g/mol. The summed E-state index contributed by atoms with van der Waals surface area (Å²) in [5.74, 6) is 0. The lowest BCUT2D eigenvalue weighted by molar-refractivity contribution is -0.103. The fraction of sp³-hybridized carbons (Fsp3) is 0.556. The summed E-state index contributed by atoms with van der Waals surface area (Å²) in [6.07, 6.45) is 5.13. The Morgan fingerprint density at radius 1 is 1.27 bits per heavy atom. The van der Waals surface area contributed by atoms with E-state index < -0.39 is 0 Å². The van der Waals surface area contributed by atoms with Gasteiger partial charge in [-0.05, 0) is 19.9 Å². The predicted octanol–water partition coefficient (Wildman–Crippen LogP) is 2.13. The number of allylic oxidation sites excluding steroid dienone is 2. The molecule has 11 heavy (non-hydrogen) atoms. The highest BCUT2D eigenvalue weighted by Crippen LogP contribution is 1.96. The van der Waals surface area contributed by atoms with E-state index in [1.807, 2.05) is 26.0 Å². The average molecular weight is 156 g/mol. The number of hydrogen-bond donors (Lipinski definition) is 0. The van der Waals surface area contributed by atoms with Crippen molar-refractivity contribution < 1.29 is 9.47 Å². The number of hydrogen-bond acceptors (Lipinski definition) is 2. The summed E-state index contributed by atoms with van der Waals surface area (Å²) in [5, 5.41) is 0. The lowest BCUT2D eigenvalue weighted by atomic mass is 10.5. The van der Waals surface area contributed by atoms with Crippen LogP contribution in [0.15, 0.2) is 24.8 Å². The lowest BCUT2D eigenvalue weighted by Crippen LogP contribution is -2.13. The summed E-state index contributed by atoms with van der Waals surface area (Å²) >= 11 is 0. The normalized spacial score (nSPS) is 11.2. The SMILES string of the molecule is C=CC=CC(OCC)OCC. The minimum Gasteiger partial charge on any atom is -0.349 e. The molecule has 0 atom stereocenters. The Morgan fingerprint density at radius 2 is 1.82 bits per heavy atom. The molecule has 2 heteroatoms. The first-order valence-corrected chi connectivity index (χ1v) is 3.87. The van der Waals surface area contributed by atoms with Crippen molar-refractivity contribution >= 4 is 0 Å². The molecule has 0 rings (SSSR count). The van der Waals surface area contributed by atoms with Gasteiger partial charge in [0.15, 0.2) is 6.29 Å². The van der Waals surface area contributed by atoms with Crippen molar-refractivity contribution in [1.29, 1.82) is 0 Å². The van der Waals surface area contributed by atoms with Crippen LogP contribution in [0.1, 0.15) is 13.8 Å². The zero-order chi connectivity index (χ0) is 8.53. The highest BCUT2D eigenvalue weighted by molar-refractivity contribution is 4.98. The van der Waals surface area contributed by atoms with Crippen LogP contribution in [0.4, 0.5) is 0 Å². The fourth-order valence-electron chi connectivity index (χ4n) is 0.657. The highest BCUT2D eigenvalue weighted by Gasteiger charge is 1.99. The van der Waals surface area contributed by atoms with Gasteiger partial charge in [-0.15, -0.1) is 0 Å². The topological polar surface area (TPSA) is 18.5 Å². The molecule has 0 saturated carbocycles. The summed E-state index contributed by atoms with van der Waals surface area (Å²) in [6, 6.07) is 0. The van der Waals surface area contributed by atoms with Crippen LogP contribution in [0.5, 0.6) is 0 Å². The van der Waals surface area contributed by atoms with Crippen LogP contribution in [-0.4, -0.2) is 19.5 Å². The summed E-state index contributed by atoms with van der Waals surface area (Å²) in [4.78, 5) is 0. The maximum absolute atomic E-state index is 5.23. The number of ether oxygens (including phenoxy) is 2. The summed E-state index contributed by atoms with van der Waals surface area (Å²) < 4.78 is 10.5. The van der Waals surface area contributed by atoms with Crippen LogP contribution >= 0.6 is 0 Å². The van der Waals surface area contributed by atoms with Gasteiger partial charge in [0.1, 0.15) is 0 Å². The van der Waals surface area contributed by atoms with E-state index in [1.165, 1.54) is 0 Å². The molecule has 0 fully saturated rings. The van der Waals surface area contributed by atoms with Crippen molar-refractivity contribution in [3.63, 3.8) is 0 Å². The molecule has 0 aliphatic carbocycles. The van der Waals surface area contributed by atoms with E-state index >= 15 is 0 Å². The van der Waals surface area contributed by atoms with Gasteiger partial charge >= 0.3 is 0 Å². The van der Waals surface area contributed by atoms with Crippen LogP contribution in [0, 0.1) is 0 Å². The zero-order valence-corrected chi connectivity index (χ0v) is 7.25. The molecule has 0 unspecified atom stereocenters. The van der Waals surface area contributed by atoms with Crippen molar-refractivity contribution in [3.8, 4) is 0 Å². The van der Waals surface area contributed by atoms with E-state index in [4.69, 9.17) is 9.47 Å². The third-order valence-electron chi connectivity index (χ3n) is 1.07. The van der Waals surface area contributed by atoms with Crippen LogP contribution in [-0.2, 0) is 9.47 Å². The molecule has 64 valence electrons. The maximum atomic E-state index is 5.23. The Balaban J connectivity index is 3.67. The predicted molar refractivity (Wildman–Crippen MR) is 46.4 cm³/mol. The maximum Gasteiger partial charge on any atom is 0.177 e. The van der Waals surface area contributed by atoms with Gasteiger partial charge in [-0.2, -0.15) is 0 Å². The van der Waals surface area contributed by atoms with Crippen LogP contribution < -0.4 is 0 Å². The molecule has 0 aromatic rings. The molecule has 0 bridgehead atoms. The van der Waals surface area contributed by atoms with E-state index in [-0.39, 0.29) is 6.29 Å². The van der Waals surface area contributed by atoms with E-state index in [2.05, 4.69) is 6.58 Å². The molecule has 0 N–H and O–H groups in total. The molecule has 0 aromatic heterocycles. The monoisotopic (exact) mass is 156 g/mol. The van der Waals surface area contributed by atoms with Gasteiger partial charge in [0.05, 0.1) is 0 Å². The largest absolute Gasteiger partial charge is 0.349 e. The fourth-order valence-corrected chi connectivity index (χ4v) is 0.657. The first kappa shape index (κ1) is 10.4. The Labute approximate surface area is 68.5 Å². The van der Waals surface area contributed by atoms with Gasteiger partial charge in [0.2, 0.25) is 0 Å². The molecule has 0 aliphatic rings. The second kappa shape index (κ2) is 7.51. The van der Waals surface area contributed by atoms with E-state index in [0.717, 1.165) is 0 Å². The zero-order valence-electron chi connectivity index (χ0n) is 7.25. The first-order valence-electron chi connectivity index (χ1n) is 3.87. The van der Waals surface area contributed by atoms with Crippen molar-refractivity contribution in [2.45, 2.75) is 20.1 Å². The minimum atomic E-state index is -0.219. The van der Waals surface area contributed by atoms with Gasteiger partial charge in [-0.25, -0.2) is 0 Å². The van der Waals surface area contributed by atoms with Crippen molar-refractivity contribution in [1.82, 2.24) is 0 Å². The molecule has 0 spiro atoms. The van der Waals surface area contributed by atoms with Crippen LogP contribution in [0.2, 0.25) is 0 Å².